The van der Waals surface area contributed by atoms with Crippen molar-refractivity contribution in [3.8, 4) is 5.69 Å². The minimum Gasteiger partial charge on any atom is -0.330 e. The predicted octanol–water partition coefficient (Wildman–Crippen LogP) is 3.13. The molecule has 0 radical (unpaired) electrons. The Morgan fingerprint density at radius 3 is 2.39 bits per heavy atom. The van der Waals surface area contributed by atoms with Crippen molar-refractivity contribution in [3.05, 3.63) is 66.4 Å². The fourth-order valence-electron chi connectivity index (χ4n) is 2.43. The van der Waals surface area contributed by atoms with Crippen LogP contribution in [-0.2, 0) is 6.42 Å². The van der Waals surface area contributed by atoms with Gasteiger partial charge in [0.15, 0.2) is 0 Å². The maximum atomic E-state index is 5.72. The molecule has 3 aromatic rings. The summed E-state index contributed by atoms with van der Waals surface area (Å²) in [6.07, 6.45) is 0.892. The smallest absolute Gasteiger partial charge is 0.0531 e. The molecule has 0 atom stereocenters. The quantitative estimate of drug-likeness (QED) is 0.744. The predicted molar refractivity (Wildman–Crippen MR) is 76.0 cm³/mol. The zero-order chi connectivity index (χ0) is 12.4. The summed E-state index contributed by atoms with van der Waals surface area (Å²) < 4.78 is 2.29. The van der Waals surface area contributed by atoms with Gasteiger partial charge in [-0.3, -0.25) is 0 Å². The van der Waals surface area contributed by atoms with Crippen molar-refractivity contribution < 1.29 is 0 Å². The van der Waals surface area contributed by atoms with Crippen LogP contribution in [-0.4, -0.2) is 11.1 Å². The summed E-state index contributed by atoms with van der Waals surface area (Å²) in [4.78, 5) is 0. The summed E-state index contributed by atoms with van der Waals surface area (Å²) in [5.74, 6) is 0. The highest BCUT2D eigenvalue weighted by Gasteiger charge is 2.08. The molecule has 0 fully saturated rings. The average Bonchev–Trinajstić information content (AvgIpc) is 2.78. The molecule has 1 heterocycles. The third-order valence-electron chi connectivity index (χ3n) is 3.20. The molecular formula is C16H16N2. The maximum Gasteiger partial charge on any atom is 0.0531 e. The number of fused-ring (bicyclic) bond motifs is 1. The highest BCUT2D eigenvalue weighted by Crippen LogP contribution is 2.24. The van der Waals surface area contributed by atoms with Crippen LogP contribution < -0.4 is 5.73 Å². The third-order valence-corrected chi connectivity index (χ3v) is 3.20. The Balaban J connectivity index is 2.28. The zero-order valence-electron chi connectivity index (χ0n) is 10.2. The molecule has 0 saturated heterocycles. The molecule has 3 rings (SSSR count). The van der Waals surface area contributed by atoms with Gasteiger partial charge < -0.3 is 10.3 Å². The van der Waals surface area contributed by atoms with E-state index >= 15 is 0 Å². The van der Waals surface area contributed by atoms with Crippen molar-refractivity contribution in [2.24, 2.45) is 5.73 Å². The van der Waals surface area contributed by atoms with Crippen molar-refractivity contribution in [2.45, 2.75) is 6.42 Å². The molecule has 2 nitrogen and oxygen atoms in total. The lowest BCUT2D eigenvalue weighted by Gasteiger charge is -2.10. The molecule has 0 aliphatic carbocycles. The monoisotopic (exact) mass is 236 g/mol. The number of rotatable bonds is 3. The van der Waals surface area contributed by atoms with Gasteiger partial charge >= 0.3 is 0 Å². The van der Waals surface area contributed by atoms with E-state index in [1.54, 1.807) is 0 Å². The van der Waals surface area contributed by atoms with Crippen LogP contribution in [0.25, 0.3) is 16.6 Å². The third kappa shape index (κ3) is 1.81. The highest BCUT2D eigenvalue weighted by atomic mass is 15.0. The van der Waals surface area contributed by atoms with Crippen molar-refractivity contribution in [1.82, 2.24) is 4.57 Å². The molecule has 0 bridgehead atoms. The molecule has 0 amide bonds. The summed E-state index contributed by atoms with van der Waals surface area (Å²) in [7, 11) is 0. The summed E-state index contributed by atoms with van der Waals surface area (Å²) >= 11 is 0. The average molecular weight is 236 g/mol. The summed E-state index contributed by atoms with van der Waals surface area (Å²) in [5.41, 5.74) is 9.42. The Morgan fingerprint density at radius 1 is 0.889 bits per heavy atom. The molecule has 18 heavy (non-hydrogen) atoms. The lowest BCUT2D eigenvalue weighted by molar-refractivity contribution is 0.887. The number of nitrogens with two attached hydrogens (primary N) is 1. The van der Waals surface area contributed by atoms with Crippen LogP contribution in [0.5, 0.6) is 0 Å². The minimum absolute atomic E-state index is 0.670. The van der Waals surface area contributed by atoms with Crippen LogP contribution in [0.4, 0.5) is 0 Å². The number of hydrogen-bond acceptors (Lipinski definition) is 1. The molecule has 2 N–H and O–H groups in total. The number of para-hydroxylation sites is 2. The van der Waals surface area contributed by atoms with Crippen LogP contribution in [0.2, 0.25) is 0 Å². The minimum atomic E-state index is 0.670. The molecule has 2 aromatic carbocycles. The summed E-state index contributed by atoms with van der Waals surface area (Å²) in [5, 5.41) is 1.27. The molecule has 2 heteroatoms. The Labute approximate surface area is 107 Å². The van der Waals surface area contributed by atoms with Crippen LogP contribution in [0, 0.1) is 0 Å². The van der Waals surface area contributed by atoms with E-state index in [4.69, 9.17) is 5.73 Å². The zero-order valence-corrected chi connectivity index (χ0v) is 10.2. The summed E-state index contributed by atoms with van der Waals surface area (Å²) in [6.45, 7) is 0.670. The number of benzene rings is 2. The molecule has 90 valence electrons. The fraction of sp³-hybridized carbons (Fsp3) is 0.125. The first-order valence-corrected chi connectivity index (χ1v) is 6.25. The van der Waals surface area contributed by atoms with E-state index in [1.807, 2.05) is 6.07 Å². The first kappa shape index (κ1) is 11.1. The largest absolute Gasteiger partial charge is 0.330 e. The first-order chi connectivity index (χ1) is 8.90. The second-order valence-corrected chi connectivity index (χ2v) is 4.40. The lowest BCUT2D eigenvalue weighted by Crippen LogP contribution is -2.07. The van der Waals surface area contributed by atoms with Gasteiger partial charge in [0.2, 0.25) is 0 Å². The van der Waals surface area contributed by atoms with Crippen LogP contribution >= 0.6 is 0 Å². The Morgan fingerprint density at radius 2 is 1.61 bits per heavy atom. The van der Waals surface area contributed by atoms with Crippen molar-refractivity contribution in [3.63, 3.8) is 0 Å². The molecule has 0 aliphatic rings. The number of nitrogens with zero attached hydrogens (tertiary/aromatic N) is 1. The van der Waals surface area contributed by atoms with Crippen molar-refractivity contribution in [2.75, 3.05) is 6.54 Å². The molecule has 0 unspecified atom stereocenters. The molecular weight excluding hydrogens is 220 g/mol. The van der Waals surface area contributed by atoms with E-state index in [2.05, 4.69) is 59.2 Å². The van der Waals surface area contributed by atoms with Gasteiger partial charge in [-0.15, -0.1) is 0 Å². The molecule has 1 aromatic heterocycles. The second-order valence-electron chi connectivity index (χ2n) is 4.40. The van der Waals surface area contributed by atoms with Crippen LogP contribution in [0.15, 0.2) is 60.7 Å². The van der Waals surface area contributed by atoms with Crippen LogP contribution in [0.3, 0.4) is 0 Å². The Hall–Kier alpha value is -2.06. The first-order valence-electron chi connectivity index (χ1n) is 6.25. The van der Waals surface area contributed by atoms with Gasteiger partial charge in [-0.25, -0.2) is 0 Å². The van der Waals surface area contributed by atoms with E-state index in [9.17, 15) is 0 Å². The molecule has 0 saturated carbocycles. The maximum absolute atomic E-state index is 5.72. The molecule has 0 aliphatic heterocycles. The normalized spacial score (nSPS) is 10.9. The van der Waals surface area contributed by atoms with Gasteiger partial charge in [0, 0.05) is 23.2 Å². The van der Waals surface area contributed by atoms with Gasteiger partial charge in [-0.05, 0) is 30.8 Å². The van der Waals surface area contributed by atoms with Gasteiger partial charge in [0.1, 0.15) is 0 Å². The van der Waals surface area contributed by atoms with Gasteiger partial charge in [-0.1, -0.05) is 36.4 Å². The number of hydrogen-bond donors (Lipinski definition) is 1. The van der Waals surface area contributed by atoms with E-state index in [-0.39, 0.29) is 0 Å². The second kappa shape index (κ2) is 4.67. The summed E-state index contributed by atoms with van der Waals surface area (Å²) in [6, 6.07) is 21.1. The fourth-order valence-corrected chi connectivity index (χ4v) is 2.43. The lowest BCUT2D eigenvalue weighted by atomic mass is 10.2. The van der Waals surface area contributed by atoms with E-state index in [0.717, 1.165) is 6.42 Å². The van der Waals surface area contributed by atoms with Gasteiger partial charge in [0.25, 0.3) is 0 Å². The van der Waals surface area contributed by atoms with E-state index in [0.29, 0.717) is 6.54 Å². The molecule has 0 spiro atoms. The number of aromatic nitrogens is 1. The van der Waals surface area contributed by atoms with Crippen molar-refractivity contribution in [1.29, 1.82) is 0 Å². The highest BCUT2D eigenvalue weighted by molar-refractivity contribution is 5.83. The van der Waals surface area contributed by atoms with Crippen LogP contribution in [0.1, 0.15) is 5.69 Å². The van der Waals surface area contributed by atoms with E-state index < -0.39 is 0 Å². The van der Waals surface area contributed by atoms with Gasteiger partial charge in [0.05, 0.1) is 5.52 Å². The Bertz CT molecular complexity index is 653. The topological polar surface area (TPSA) is 30.9 Å². The van der Waals surface area contributed by atoms with E-state index in [1.165, 1.54) is 22.3 Å². The SMILES string of the molecule is NCCc1cc2ccccc2n1-c1ccccc1. The van der Waals surface area contributed by atoms with Crippen molar-refractivity contribution >= 4 is 10.9 Å². The van der Waals surface area contributed by atoms with Gasteiger partial charge in [-0.2, -0.15) is 0 Å². The Kier molecular flexibility index (Phi) is 2.87. The standard InChI is InChI=1S/C16H16N2/c17-11-10-15-12-13-6-4-5-9-16(13)18(15)14-7-2-1-3-8-14/h1-9,12H,10-11,17H2.